The maximum Gasteiger partial charge on any atom is 0.361 e. The molecule has 1 N–H and O–H groups in total. The van der Waals surface area contributed by atoms with E-state index in [4.69, 9.17) is 18.9 Å². The number of rotatable bonds is 66. The normalized spacial score (nSPS) is 13.3. The SMILES string of the molecule is CC/C=C\C/C=C\C/C=C\C/C=C\C/C=C\C/C=C\C/C=C\C/C=C\CCCCCCCCCCC(=O)OC(COC(=O)CCCCCCCCCCCCCCCCCCCCCCCCCCCCCC)COC(OCC[N+](C)(C)C)C(=O)O. The molecule has 2 atom stereocenters. The molecule has 0 aliphatic carbocycles. The van der Waals surface area contributed by atoms with Gasteiger partial charge in [0.15, 0.2) is 6.10 Å². The number of unbranched alkanes of at least 4 members (excludes halogenated alkanes) is 35. The van der Waals surface area contributed by atoms with Crippen molar-refractivity contribution < 1.29 is 42.9 Å². The van der Waals surface area contributed by atoms with E-state index in [2.05, 4.69) is 111 Å². The number of likely N-dealkylation sites (N-methyl/N-ethyl adjacent to an activating group) is 1. The molecule has 0 amide bonds. The number of allylic oxidation sites excluding steroid dienone is 16. The molecule has 0 saturated heterocycles. The summed E-state index contributed by atoms with van der Waals surface area (Å²) < 4.78 is 23.0. The molecule has 0 aliphatic heterocycles. The van der Waals surface area contributed by atoms with Gasteiger partial charge >= 0.3 is 17.9 Å². The number of ether oxygens (including phenoxy) is 4. The Hall–Kier alpha value is -3.79. The van der Waals surface area contributed by atoms with Crippen LogP contribution in [0.1, 0.15) is 316 Å². The number of aliphatic carboxylic acids is 1. The van der Waals surface area contributed by atoms with Crippen molar-refractivity contribution >= 4 is 17.9 Å². The molecule has 0 aromatic heterocycles. The fourth-order valence-electron chi connectivity index (χ4n) is 10.2. The zero-order chi connectivity index (χ0) is 62.6. The Labute approximate surface area is 531 Å². The van der Waals surface area contributed by atoms with Gasteiger partial charge in [0, 0.05) is 12.8 Å². The summed E-state index contributed by atoms with van der Waals surface area (Å²) in [6, 6.07) is 0. The number of hydrogen-bond donors (Lipinski definition) is 1. The highest BCUT2D eigenvalue weighted by Gasteiger charge is 2.25. The van der Waals surface area contributed by atoms with E-state index in [-0.39, 0.29) is 32.2 Å². The third-order valence-corrected chi connectivity index (χ3v) is 15.6. The van der Waals surface area contributed by atoms with Crippen LogP contribution >= 0.6 is 0 Å². The number of esters is 2. The van der Waals surface area contributed by atoms with Crippen molar-refractivity contribution in [1.29, 1.82) is 0 Å². The van der Waals surface area contributed by atoms with Crippen LogP contribution in [0.15, 0.2) is 97.2 Å². The largest absolute Gasteiger partial charge is 0.477 e. The number of quaternary nitrogens is 1. The van der Waals surface area contributed by atoms with E-state index < -0.39 is 24.3 Å². The summed E-state index contributed by atoms with van der Waals surface area (Å²) in [5, 5.41) is 9.75. The van der Waals surface area contributed by atoms with Crippen LogP contribution in [0.3, 0.4) is 0 Å². The van der Waals surface area contributed by atoms with Crippen molar-refractivity contribution in [3.05, 3.63) is 97.2 Å². The van der Waals surface area contributed by atoms with Gasteiger partial charge in [0.1, 0.15) is 13.2 Å². The predicted octanol–water partition coefficient (Wildman–Crippen LogP) is 22.4. The molecular weight excluding hydrogens is 1070 g/mol. The minimum atomic E-state index is -1.52. The Kier molecular flexibility index (Phi) is 64.2. The van der Waals surface area contributed by atoms with Gasteiger partial charge < -0.3 is 28.5 Å². The lowest BCUT2D eigenvalue weighted by Crippen LogP contribution is -2.40. The molecule has 0 saturated carbocycles. The molecule has 0 aromatic carbocycles. The highest BCUT2D eigenvalue weighted by molar-refractivity contribution is 5.71. The van der Waals surface area contributed by atoms with Crippen LogP contribution in [-0.4, -0.2) is 87.4 Å². The van der Waals surface area contributed by atoms with E-state index in [9.17, 15) is 19.5 Å². The quantitative estimate of drug-likeness (QED) is 0.0211. The lowest BCUT2D eigenvalue weighted by Gasteiger charge is -2.25. The molecule has 9 nitrogen and oxygen atoms in total. The Morgan fingerprint density at radius 2 is 0.663 bits per heavy atom. The second-order valence-corrected chi connectivity index (χ2v) is 25.2. The molecule has 0 fully saturated rings. The summed E-state index contributed by atoms with van der Waals surface area (Å²) in [4.78, 5) is 37.6. The summed E-state index contributed by atoms with van der Waals surface area (Å²) in [6.45, 7) is 4.79. The fraction of sp³-hybridized carbons (Fsp3) is 0.753. The first kappa shape index (κ1) is 82.2. The Morgan fingerprint density at radius 1 is 0.360 bits per heavy atom. The highest BCUT2D eigenvalue weighted by Crippen LogP contribution is 2.18. The summed E-state index contributed by atoms with van der Waals surface area (Å²) in [6.07, 6.45) is 89.5. The number of hydrogen-bond acceptors (Lipinski definition) is 7. The van der Waals surface area contributed by atoms with Crippen molar-refractivity contribution in [2.45, 2.75) is 328 Å². The minimum Gasteiger partial charge on any atom is -0.477 e. The topological polar surface area (TPSA) is 108 Å². The minimum absolute atomic E-state index is 0.183. The smallest absolute Gasteiger partial charge is 0.361 e. The van der Waals surface area contributed by atoms with Crippen molar-refractivity contribution in [1.82, 2.24) is 0 Å². The molecule has 496 valence electrons. The second-order valence-electron chi connectivity index (χ2n) is 25.2. The van der Waals surface area contributed by atoms with Crippen LogP contribution in [-0.2, 0) is 33.3 Å². The molecule has 0 spiro atoms. The molecule has 9 heteroatoms. The van der Waals surface area contributed by atoms with E-state index in [1.165, 1.54) is 186 Å². The summed E-state index contributed by atoms with van der Waals surface area (Å²) in [7, 11) is 5.98. The average molecular weight is 1200 g/mol. The molecule has 0 bridgehead atoms. The Balaban J connectivity index is 4.14. The van der Waals surface area contributed by atoms with E-state index >= 15 is 0 Å². The van der Waals surface area contributed by atoms with Crippen LogP contribution in [0.2, 0.25) is 0 Å². The average Bonchev–Trinajstić information content (AvgIpc) is 3.64. The van der Waals surface area contributed by atoms with Crippen LogP contribution < -0.4 is 0 Å². The van der Waals surface area contributed by atoms with Crippen molar-refractivity contribution in [3.8, 4) is 0 Å². The number of nitrogens with zero attached hydrogens (tertiary/aromatic N) is 1. The van der Waals surface area contributed by atoms with Gasteiger partial charge in [0.25, 0.3) is 6.29 Å². The van der Waals surface area contributed by atoms with Crippen LogP contribution in [0.5, 0.6) is 0 Å². The van der Waals surface area contributed by atoms with Gasteiger partial charge in [-0.2, -0.15) is 0 Å². The van der Waals surface area contributed by atoms with Gasteiger partial charge in [-0.25, -0.2) is 4.79 Å². The molecule has 86 heavy (non-hydrogen) atoms. The van der Waals surface area contributed by atoms with Crippen molar-refractivity contribution in [2.75, 3.05) is 47.5 Å². The summed E-state index contributed by atoms with van der Waals surface area (Å²) in [5.41, 5.74) is 0. The van der Waals surface area contributed by atoms with E-state index in [1.54, 1.807) is 0 Å². The maximum atomic E-state index is 13.0. The first-order chi connectivity index (χ1) is 42.1. The zero-order valence-electron chi connectivity index (χ0n) is 56.7. The molecule has 0 aliphatic rings. The van der Waals surface area contributed by atoms with Crippen LogP contribution in [0.25, 0.3) is 0 Å². The van der Waals surface area contributed by atoms with Crippen LogP contribution in [0, 0.1) is 0 Å². The van der Waals surface area contributed by atoms with Gasteiger partial charge in [-0.15, -0.1) is 0 Å². The standard InChI is InChI=1S/C77H135NO8/c1-6-8-10-12-14-16-18-20-22-24-26-28-30-32-34-36-37-38-39-40-42-44-46-48-50-52-54-56-58-60-62-64-66-68-75(80)86-73(72-85-77(76(81)82)83-70-69-78(3,4)5)71-84-74(79)67-65-63-61-59-57-55-53-51-49-47-45-43-41-35-33-31-29-27-25-23-21-19-17-15-13-11-9-7-2/h8,10,14,16,20,22,26,28,32,34,37-38,40,42,46,48,73,77H,6-7,9,11-13,15,17-19,21,23-25,27,29-31,33,35-36,39,41,43-45,47,49-72H2,1-5H3/p+1/b10-8-,16-14-,22-20-,28-26-,34-32-,38-37-,42-40-,48-46-. The molecule has 2 unspecified atom stereocenters. The lowest BCUT2D eigenvalue weighted by molar-refractivity contribution is -0.870. The highest BCUT2D eigenvalue weighted by atomic mass is 16.7. The second kappa shape index (κ2) is 67.1. The molecule has 0 radical (unpaired) electrons. The number of carbonyl (C=O) groups is 3. The number of carboxylic acid groups (broad SMARTS) is 1. The monoisotopic (exact) mass is 1200 g/mol. The summed E-state index contributed by atoms with van der Waals surface area (Å²) >= 11 is 0. The van der Waals surface area contributed by atoms with Gasteiger partial charge in [-0.1, -0.05) is 323 Å². The number of carboxylic acids is 1. The Morgan fingerprint density at radius 3 is 0.988 bits per heavy atom. The zero-order valence-corrected chi connectivity index (χ0v) is 56.7. The van der Waals surface area contributed by atoms with Gasteiger partial charge in [0.05, 0.1) is 34.4 Å². The van der Waals surface area contributed by atoms with Crippen LogP contribution in [0.4, 0.5) is 0 Å². The van der Waals surface area contributed by atoms with Gasteiger partial charge in [0.2, 0.25) is 0 Å². The molecular formula is C77H136NO8+. The lowest BCUT2D eigenvalue weighted by atomic mass is 10.0. The third-order valence-electron chi connectivity index (χ3n) is 15.6. The first-order valence-corrected chi connectivity index (χ1v) is 35.9. The van der Waals surface area contributed by atoms with E-state index in [0.29, 0.717) is 23.9 Å². The molecule has 0 rings (SSSR count). The maximum absolute atomic E-state index is 13.0. The Bertz CT molecular complexity index is 1730. The van der Waals surface area contributed by atoms with Crippen molar-refractivity contribution in [2.24, 2.45) is 0 Å². The number of carbonyl (C=O) groups excluding carboxylic acids is 2. The fourth-order valence-corrected chi connectivity index (χ4v) is 10.2. The van der Waals surface area contributed by atoms with Gasteiger partial charge in [-0.3, -0.25) is 9.59 Å². The molecule has 0 aromatic rings. The third kappa shape index (κ3) is 67.7. The van der Waals surface area contributed by atoms with E-state index in [0.717, 1.165) is 96.3 Å². The van der Waals surface area contributed by atoms with Gasteiger partial charge in [-0.05, 0) is 77.0 Å². The van der Waals surface area contributed by atoms with Crippen molar-refractivity contribution in [3.63, 3.8) is 0 Å². The van der Waals surface area contributed by atoms with E-state index in [1.807, 2.05) is 21.1 Å². The molecule has 0 heterocycles. The summed E-state index contributed by atoms with van der Waals surface area (Å²) in [5.74, 6) is -2.01. The first-order valence-electron chi connectivity index (χ1n) is 35.9. The predicted molar refractivity (Wildman–Crippen MR) is 369 cm³/mol.